The summed E-state index contributed by atoms with van der Waals surface area (Å²) in [6.07, 6.45) is -4.49. The van der Waals surface area contributed by atoms with Gasteiger partial charge in [-0.25, -0.2) is 4.98 Å². The highest BCUT2D eigenvalue weighted by atomic mass is 19.4. The first-order valence-electron chi connectivity index (χ1n) is 10.5. The third kappa shape index (κ3) is 5.43. The number of amides is 2. The van der Waals surface area contributed by atoms with Gasteiger partial charge >= 0.3 is 6.18 Å². The van der Waals surface area contributed by atoms with Crippen LogP contribution >= 0.6 is 0 Å². The Balaban J connectivity index is 1.58. The normalized spacial score (nSPS) is 12.4. The van der Waals surface area contributed by atoms with Crippen molar-refractivity contribution in [3.8, 4) is 0 Å². The number of H-pyrrole nitrogens is 1. The molecule has 0 spiro atoms. The second-order valence-electron chi connectivity index (χ2n) is 7.83. The predicted molar refractivity (Wildman–Crippen MR) is 122 cm³/mol. The van der Waals surface area contributed by atoms with Crippen LogP contribution in [0.5, 0.6) is 0 Å². The van der Waals surface area contributed by atoms with Crippen molar-refractivity contribution in [1.82, 2.24) is 15.3 Å². The molecule has 0 saturated heterocycles. The van der Waals surface area contributed by atoms with E-state index in [-0.39, 0.29) is 29.3 Å². The highest BCUT2D eigenvalue weighted by Gasteiger charge is 2.34. The van der Waals surface area contributed by atoms with Crippen LogP contribution in [0.4, 0.5) is 18.9 Å². The molecule has 0 aliphatic carbocycles. The van der Waals surface area contributed by atoms with E-state index in [1.54, 1.807) is 36.4 Å². The smallest absolute Gasteiger partial charge is 0.345 e. The number of nitrogens with one attached hydrogen (secondary N) is 3. The number of hydrogen-bond donors (Lipinski definition) is 3. The molecule has 0 saturated carbocycles. The topological polar surface area (TPSA) is 86.9 Å². The van der Waals surface area contributed by atoms with Crippen molar-refractivity contribution in [1.29, 1.82) is 0 Å². The predicted octanol–water partition coefficient (Wildman–Crippen LogP) is 4.99. The summed E-state index contributed by atoms with van der Waals surface area (Å²) in [5.74, 6) is -1.52. The zero-order valence-corrected chi connectivity index (χ0v) is 18.1. The van der Waals surface area contributed by atoms with Crippen LogP contribution in [0.1, 0.15) is 35.5 Å². The van der Waals surface area contributed by atoms with E-state index in [0.29, 0.717) is 11.3 Å². The Morgan fingerprint density at radius 2 is 1.68 bits per heavy atom. The highest BCUT2D eigenvalue weighted by molar-refractivity contribution is 5.88. The minimum atomic E-state index is -4.58. The molecule has 0 radical (unpaired) electrons. The van der Waals surface area contributed by atoms with Crippen molar-refractivity contribution in [2.45, 2.75) is 25.6 Å². The van der Waals surface area contributed by atoms with Crippen LogP contribution in [-0.4, -0.2) is 21.8 Å². The fourth-order valence-electron chi connectivity index (χ4n) is 3.65. The van der Waals surface area contributed by atoms with E-state index in [1.807, 2.05) is 30.3 Å². The first-order valence-corrected chi connectivity index (χ1v) is 10.5. The second kappa shape index (κ2) is 9.38. The summed E-state index contributed by atoms with van der Waals surface area (Å²) >= 11 is 0. The zero-order valence-electron chi connectivity index (χ0n) is 18.1. The molecule has 0 aliphatic rings. The van der Waals surface area contributed by atoms with Gasteiger partial charge in [0.15, 0.2) is 0 Å². The molecular formula is C25H21F3N4O2. The minimum absolute atomic E-state index is 0.0915. The van der Waals surface area contributed by atoms with Crippen LogP contribution in [0, 0.1) is 0 Å². The summed E-state index contributed by atoms with van der Waals surface area (Å²) in [6, 6.07) is 20.2. The van der Waals surface area contributed by atoms with Gasteiger partial charge in [-0.2, -0.15) is 13.2 Å². The van der Waals surface area contributed by atoms with E-state index in [1.165, 1.54) is 13.0 Å². The van der Waals surface area contributed by atoms with Gasteiger partial charge in [-0.05, 0) is 41.0 Å². The number of hydrogen-bond acceptors (Lipinski definition) is 3. The fraction of sp³-hybridized carbons (Fsp3) is 0.160. The number of benzene rings is 3. The Morgan fingerprint density at radius 1 is 0.971 bits per heavy atom. The maximum absolute atomic E-state index is 13.0. The second-order valence-corrected chi connectivity index (χ2v) is 7.83. The van der Waals surface area contributed by atoms with Crippen molar-refractivity contribution >= 4 is 28.5 Å². The molecular weight excluding hydrogens is 445 g/mol. The molecule has 3 aromatic carbocycles. The molecule has 1 aromatic heterocycles. The van der Waals surface area contributed by atoms with Crippen LogP contribution in [0.25, 0.3) is 11.0 Å². The van der Waals surface area contributed by atoms with Crippen molar-refractivity contribution < 1.29 is 22.8 Å². The van der Waals surface area contributed by atoms with Gasteiger partial charge in [0.1, 0.15) is 0 Å². The van der Waals surface area contributed by atoms with E-state index in [4.69, 9.17) is 0 Å². The third-order valence-electron chi connectivity index (χ3n) is 5.18. The number of alkyl halides is 3. The molecule has 3 N–H and O–H groups in total. The summed E-state index contributed by atoms with van der Waals surface area (Å²) in [6.45, 7) is 1.41. The van der Waals surface area contributed by atoms with Crippen molar-refractivity contribution in [3.63, 3.8) is 0 Å². The molecule has 9 heteroatoms. The SMILES string of the molecule is CC(=O)Nc1ccc(CC(=O)NC(c2ccccc2)c2ccc3nc(C(F)(F)F)[nH]c3c2)cc1. The number of halogens is 3. The summed E-state index contributed by atoms with van der Waals surface area (Å²) in [5.41, 5.74) is 3.20. The first kappa shape index (κ1) is 23.0. The molecule has 1 atom stereocenters. The average Bonchev–Trinajstić information content (AvgIpc) is 3.23. The van der Waals surface area contributed by atoms with E-state index in [9.17, 15) is 22.8 Å². The Bertz CT molecular complexity index is 1320. The Morgan fingerprint density at radius 3 is 2.32 bits per heavy atom. The first-order chi connectivity index (χ1) is 16.2. The molecule has 0 aliphatic heterocycles. The maximum atomic E-state index is 13.0. The summed E-state index contributed by atoms with van der Waals surface area (Å²) in [5, 5.41) is 5.65. The van der Waals surface area contributed by atoms with Crippen LogP contribution in [0.3, 0.4) is 0 Å². The molecule has 0 bridgehead atoms. The zero-order chi connectivity index (χ0) is 24.3. The van der Waals surface area contributed by atoms with Gasteiger partial charge in [0, 0.05) is 12.6 Å². The maximum Gasteiger partial charge on any atom is 0.449 e. The molecule has 4 rings (SSSR count). The van der Waals surface area contributed by atoms with Gasteiger partial charge in [-0.1, -0.05) is 48.5 Å². The highest BCUT2D eigenvalue weighted by Crippen LogP contribution is 2.30. The molecule has 1 heterocycles. The lowest BCUT2D eigenvalue weighted by Crippen LogP contribution is -2.30. The van der Waals surface area contributed by atoms with Crippen molar-refractivity contribution in [2.24, 2.45) is 0 Å². The van der Waals surface area contributed by atoms with Gasteiger partial charge in [0.25, 0.3) is 0 Å². The number of imidazole rings is 1. The largest absolute Gasteiger partial charge is 0.449 e. The van der Waals surface area contributed by atoms with E-state index in [2.05, 4.69) is 20.6 Å². The van der Waals surface area contributed by atoms with E-state index in [0.717, 1.165) is 11.1 Å². The standard InChI is InChI=1S/C25H21F3N4O2/c1-15(33)29-19-10-7-16(8-11-19)13-22(34)32-23(17-5-3-2-4-6-17)18-9-12-20-21(14-18)31-24(30-20)25(26,27)28/h2-12,14,23H,13H2,1H3,(H,29,33)(H,30,31)(H,32,34). The van der Waals surface area contributed by atoms with Crippen LogP contribution in [0.15, 0.2) is 72.8 Å². The van der Waals surface area contributed by atoms with Crippen LogP contribution in [0.2, 0.25) is 0 Å². The number of aromatic amines is 1. The monoisotopic (exact) mass is 466 g/mol. The fourth-order valence-corrected chi connectivity index (χ4v) is 3.65. The van der Waals surface area contributed by atoms with Gasteiger partial charge in [0.2, 0.25) is 17.6 Å². The number of anilines is 1. The summed E-state index contributed by atoms with van der Waals surface area (Å²) in [4.78, 5) is 30.0. The lowest BCUT2D eigenvalue weighted by atomic mass is 9.97. The van der Waals surface area contributed by atoms with Crippen LogP contribution in [-0.2, 0) is 22.2 Å². The molecule has 2 amide bonds. The number of rotatable bonds is 6. The molecule has 174 valence electrons. The average molecular weight is 466 g/mol. The van der Waals surface area contributed by atoms with E-state index < -0.39 is 18.0 Å². The molecule has 1 unspecified atom stereocenters. The van der Waals surface area contributed by atoms with Gasteiger partial charge < -0.3 is 15.6 Å². The third-order valence-corrected chi connectivity index (χ3v) is 5.18. The summed E-state index contributed by atoms with van der Waals surface area (Å²) in [7, 11) is 0. The molecule has 0 fully saturated rings. The molecule has 6 nitrogen and oxygen atoms in total. The van der Waals surface area contributed by atoms with Gasteiger partial charge in [-0.15, -0.1) is 0 Å². The quantitative estimate of drug-likeness (QED) is 0.374. The van der Waals surface area contributed by atoms with Gasteiger partial charge in [0.05, 0.1) is 23.5 Å². The molecule has 4 aromatic rings. The number of fused-ring (bicyclic) bond motifs is 1. The number of carbonyl (C=O) groups is 2. The van der Waals surface area contributed by atoms with Crippen molar-refractivity contribution in [2.75, 3.05) is 5.32 Å². The van der Waals surface area contributed by atoms with Crippen molar-refractivity contribution in [3.05, 3.63) is 95.3 Å². The minimum Gasteiger partial charge on any atom is -0.345 e. The Hall–Kier alpha value is -4.14. The molecule has 34 heavy (non-hydrogen) atoms. The lowest BCUT2D eigenvalue weighted by Gasteiger charge is -2.20. The number of nitrogens with zero attached hydrogens (tertiary/aromatic N) is 1. The van der Waals surface area contributed by atoms with E-state index >= 15 is 0 Å². The lowest BCUT2D eigenvalue weighted by molar-refractivity contribution is -0.144. The Labute approximate surface area is 193 Å². The number of aromatic nitrogens is 2. The van der Waals surface area contributed by atoms with Crippen LogP contribution < -0.4 is 10.6 Å². The summed E-state index contributed by atoms with van der Waals surface area (Å²) < 4.78 is 39.1. The number of carbonyl (C=O) groups excluding carboxylic acids is 2. The van der Waals surface area contributed by atoms with Gasteiger partial charge in [-0.3, -0.25) is 9.59 Å². The Kier molecular flexibility index (Phi) is 6.36.